The first kappa shape index (κ1) is 42.5. The summed E-state index contributed by atoms with van der Waals surface area (Å²) >= 11 is 0. The van der Waals surface area contributed by atoms with Crippen molar-refractivity contribution in [3.05, 3.63) is 218 Å². The van der Waals surface area contributed by atoms with Crippen molar-refractivity contribution in [2.45, 2.75) is 0 Å². The third kappa shape index (κ3) is 6.82. The Balaban J connectivity index is 0.986. The lowest BCUT2D eigenvalue weighted by Crippen LogP contribution is -2.03. The van der Waals surface area contributed by atoms with E-state index in [0.29, 0.717) is 23.3 Å². The van der Waals surface area contributed by atoms with E-state index in [1.54, 1.807) is 18.7 Å². The third-order valence-corrected chi connectivity index (χ3v) is 13.7. The quantitative estimate of drug-likeness (QED) is 0.126. The molecule has 0 unspecified atom stereocenters. The molecule has 0 aliphatic rings. The Morgan fingerprint density at radius 1 is 0.237 bits per heavy atom. The maximum atomic E-state index is 4.61. The van der Waals surface area contributed by atoms with Crippen molar-refractivity contribution in [2.75, 3.05) is 0 Å². The van der Waals surface area contributed by atoms with Crippen molar-refractivity contribution in [1.82, 2.24) is 90.0 Å². The number of fused-ring (bicyclic) bond motifs is 7. The first-order valence-corrected chi connectivity index (χ1v) is 24.3. The fourth-order valence-electron chi connectivity index (χ4n) is 10.5. The molecule has 6 heterocycles. The van der Waals surface area contributed by atoms with Crippen LogP contribution in [-0.2, 0) is 0 Å². The van der Waals surface area contributed by atoms with Crippen molar-refractivity contribution < 1.29 is 0 Å². The lowest BCUT2D eigenvalue weighted by Gasteiger charge is -2.14. The lowest BCUT2D eigenvalue weighted by molar-refractivity contribution is 0.790. The van der Waals surface area contributed by atoms with Gasteiger partial charge in [-0.1, -0.05) is 109 Å². The molecule has 0 spiro atoms. The van der Waals surface area contributed by atoms with Crippen molar-refractivity contribution in [1.29, 1.82) is 0 Å². The Morgan fingerprint density at radius 2 is 0.513 bits per heavy atom. The molecule has 0 atom stereocenters. The van der Waals surface area contributed by atoms with Crippen LogP contribution in [0, 0.1) is 0 Å². The molecule has 0 saturated carbocycles. The summed E-state index contributed by atoms with van der Waals surface area (Å²) in [5.74, 6) is 2.21. The number of tetrazole rings is 4. The van der Waals surface area contributed by atoms with Gasteiger partial charge in [-0.3, -0.25) is 0 Å². The SMILES string of the molecule is c1ccc(-n2nnnc2-c2cc(-c3nnnn3-c3ccccc3)cc(-n3c4ccccc4c4c5c6ccccc6n(-c6cc(-c7nnnn7-c7ccccc7)cc(-c7nnnn7-c7ccccc7)c6)c5ccc43)c2)cc1. The molecule has 0 radical (unpaired) electrons. The van der Waals surface area contributed by atoms with Crippen molar-refractivity contribution in [3.8, 4) is 79.7 Å². The molecule has 0 aliphatic heterocycles. The van der Waals surface area contributed by atoms with E-state index in [4.69, 9.17) is 0 Å². The maximum Gasteiger partial charge on any atom is 0.187 e. The second-order valence-corrected chi connectivity index (χ2v) is 18.1. The van der Waals surface area contributed by atoms with Gasteiger partial charge in [0.15, 0.2) is 23.3 Å². The van der Waals surface area contributed by atoms with Crippen LogP contribution in [0.1, 0.15) is 0 Å². The van der Waals surface area contributed by atoms with E-state index in [0.717, 1.165) is 100.0 Å². The van der Waals surface area contributed by atoms with E-state index < -0.39 is 0 Å². The van der Waals surface area contributed by atoms with Gasteiger partial charge in [0.05, 0.1) is 44.8 Å². The molecular formula is C58H36N18. The molecule has 15 aromatic rings. The Morgan fingerprint density at radius 3 is 0.816 bits per heavy atom. The zero-order chi connectivity index (χ0) is 50.1. The Bertz CT molecular complexity index is 4160. The molecule has 0 bridgehead atoms. The van der Waals surface area contributed by atoms with Gasteiger partial charge in [-0.25, -0.2) is 0 Å². The fraction of sp³-hybridized carbons (Fsp3) is 0. The summed E-state index contributed by atoms with van der Waals surface area (Å²) in [6.45, 7) is 0. The minimum absolute atomic E-state index is 0.552. The number of nitrogens with zero attached hydrogens (tertiary/aromatic N) is 18. The third-order valence-electron chi connectivity index (χ3n) is 13.7. The molecule has 0 amide bonds. The van der Waals surface area contributed by atoms with E-state index in [1.165, 1.54) is 0 Å². The molecule has 0 saturated heterocycles. The van der Waals surface area contributed by atoms with Gasteiger partial charge in [0.1, 0.15) is 0 Å². The van der Waals surface area contributed by atoms with Crippen LogP contribution in [0.5, 0.6) is 0 Å². The fourth-order valence-corrected chi connectivity index (χ4v) is 10.5. The molecule has 18 nitrogen and oxygen atoms in total. The van der Waals surface area contributed by atoms with Gasteiger partial charge in [0.2, 0.25) is 0 Å². The number of para-hydroxylation sites is 6. The lowest BCUT2D eigenvalue weighted by atomic mass is 10.1. The molecule has 6 aromatic heterocycles. The monoisotopic (exact) mass is 984 g/mol. The van der Waals surface area contributed by atoms with Crippen molar-refractivity contribution >= 4 is 43.6 Å². The predicted octanol–water partition coefficient (Wildman–Crippen LogP) is 10.5. The molecule has 9 aromatic carbocycles. The molecule has 18 heteroatoms. The summed E-state index contributed by atoms with van der Waals surface area (Å²) in [6.07, 6.45) is 0. The minimum Gasteiger partial charge on any atom is -0.309 e. The van der Waals surface area contributed by atoms with Crippen molar-refractivity contribution in [3.63, 3.8) is 0 Å². The summed E-state index contributed by atoms with van der Waals surface area (Å²) in [4.78, 5) is 0. The minimum atomic E-state index is 0.552. The predicted molar refractivity (Wildman–Crippen MR) is 288 cm³/mol. The molecule has 0 fully saturated rings. The highest BCUT2D eigenvalue weighted by Gasteiger charge is 2.25. The Labute approximate surface area is 430 Å². The smallest absolute Gasteiger partial charge is 0.187 e. The van der Waals surface area contributed by atoms with Gasteiger partial charge in [-0.2, -0.15) is 18.7 Å². The molecule has 0 aliphatic carbocycles. The zero-order valence-corrected chi connectivity index (χ0v) is 39.8. The topological polar surface area (TPSA) is 184 Å². The number of benzene rings is 9. The van der Waals surface area contributed by atoms with Gasteiger partial charge in [-0.05, 0) is 151 Å². The van der Waals surface area contributed by atoms with Gasteiger partial charge >= 0.3 is 0 Å². The number of hydrogen-bond acceptors (Lipinski definition) is 12. The maximum absolute atomic E-state index is 4.61. The second kappa shape index (κ2) is 17.3. The van der Waals surface area contributed by atoms with Crippen LogP contribution in [0.15, 0.2) is 218 Å². The van der Waals surface area contributed by atoms with Crippen LogP contribution in [-0.4, -0.2) is 90.0 Å². The van der Waals surface area contributed by atoms with Crippen LogP contribution in [0.25, 0.3) is 123 Å². The van der Waals surface area contributed by atoms with Crippen molar-refractivity contribution in [2.24, 2.45) is 0 Å². The van der Waals surface area contributed by atoms with Crippen LogP contribution in [0.4, 0.5) is 0 Å². The summed E-state index contributed by atoms with van der Waals surface area (Å²) in [6, 6.07) is 73.5. The molecule has 76 heavy (non-hydrogen) atoms. The highest BCUT2D eigenvalue weighted by Crippen LogP contribution is 2.44. The summed E-state index contributed by atoms with van der Waals surface area (Å²) in [5.41, 5.74) is 12.0. The highest BCUT2D eigenvalue weighted by molar-refractivity contribution is 6.29. The van der Waals surface area contributed by atoms with Crippen LogP contribution >= 0.6 is 0 Å². The van der Waals surface area contributed by atoms with Crippen LogP contribution < -0.4 is 0 Å². The normalized spacial score (nSPS) is 11.7. The first-order chi connectivity index (χ1) is 37.7. The number of hydrogen-bond donors (Lipinski definition) is 0. The van der Waals surface area contributed by atoms with Gasteiger partial charge < -0.3 is 9.13 Å². The summed E-state index contributed by atoms with van der Waals surface area (Å²) < 4.78 is 11.6. The average molecular weight is 985 g/mol. The van der Waals surface area contributed by atoms with Gasteiger partial charge in [-0.15, -0.1) is 20.4 Å². The van der Waals surface area contributed by atoms with E-state index >= 15 is 0 Å². The van der Waals surface area contributed by atoms with E-state index in [9.17, 15) is 0 Å². The number of rotatable bonds is 10. The molecular weight excluding hydrogens is 949 g/mol. The van der Waals surface area contributed by atoms with E-state index in [2.05, 4.69) is 156 Å². The standard InChI is InChI=1S/C58H36N18/c1-5-17-41(18-6-1)73-55(59-63-67-73)37-31-38(56-60-64-68-74(56)42-19-7-2-8-20-42)34-45(33-37)71-49-27-15-13-25-47(49)53-51(71)29-30-52-54(53)48-26-14-16-28-50(48)72(52)46-35-39(57-61-65-69-75(57)43-21-9-3-10-22-43)32-40(36-46)58-62-66-70-76(58)44-23-11-4-12-24-44/h1-36H. The molecule has 15 rings (SSSR count). The van der Waals surface area contributed by atoms with Crippen LogP contribution in [0.2, 0.25) is 0 Å². The molecule has 358 valence electrons. The Hall–Kier alpha value is -11.1. The summed E-state index contributed by atoms with van der Waals surface area (Å²) in [5, 5.41) is 57.3. The van der Waals surface area contributed by atoms with Crippen LogP contribution in [0.3, 0.4) is 0 Å². The summed E-state index contributed by atoms with van der Waals surface area (Å²) in [7, 11) is 0. The number of aromatic nitrogens is 18. The Kier molecular flexibility index (Phi) is 9.67. The van der Waals surface area contributed by atoms with Gasteiger partial charge in [0, 0.05) is 55.2 Å². The average Bonchev–Trinajstić information content (AvgIpc) is 4.49. The van der Waals surface area contributed by atoms with E-state index in [-0.39, 0.29) is 0 Å². The molecule has 0 N–H and O–H groups in total. The van der Waals surface area contributed by atoms with E-state index in [1.807, 2.05) is 133 Å². The largest absolute Gasteiger partial charge is 0.309 e. The zero-order valence-electron chi connectivity index (χ0n) is 39.8. The highest BCUT2D eigenvalue weighted by atomic mass is 15.6. The second-order valence-electron chi connectivity index (χ2n) is 18.1. The first-order valence-electron chi connectivity index (χ1n) is 24.3. The van der Waals surface area contributed by atoms with Gasteiger partial charge in [0.25, 0.3) is 0 Å².